The Morgan fingerprint density at radius 1 is 1.37 bits per heavy atom. The third-order valence-electron chi connectivity index (χ3n) is 4.41. The third kappa shape index (κ3) is 3.96. The van der Waals surface area contributed by atoms with Gasteiger partial charge in [0, 0.05) is 19.1 Å². The van der Waals surface area contributed by atoms with E-state index in [2.05, 4.69) is 11.9 Å². The molecule has 2 fully saturated rings. The van der Waals surface area contributed by atoms with Crippen molar-refractivity contribution < 1.29 is 9.90 Å². The summed E-state index contributed by atoms with van der Waals surface area (Å²) >= 11 is 0. The van der Waals surface area contributed by atoms with Crippen molar-refractivity contribution >= 4 is 6.03 Å². The highest BCUT2D eigenvalue weighted by Gasteiger charge is 2.44. The molecule has 0 aliphatic heterocycles. The van der Waals surface area contributed by atoms with Crippen LogP contribution in [0.25, 0.3) is 0 Å². The van der Waals surface area contributed by atoms with Crippen LogP contribution in [0.3, 0.4) is 0 Å². The van der Waals surface area contributed by atoms with Crippen molar-refractivity contribution in [3.63, 3.8) is 0 Å². The highest BCUT2D eigenvalue weighted by atomic mass is 16.3. The van der Waals surface area contributed by atoms with Crippen molar-refractivity contribution in [1.29, 1.82) is 0 Å². The Hall–Kier alpha value is -1.03. The number of nitrogens with one attached hydrogen (secondary N) is 1. The van der Waals surface area contributed by atoms with E-state index < -0.39 is 0 Å². The number of carbonyl (C=O) groups excluding carboxylic acids is 1. The number of nitrogens with zero attached hydrogens (tertiary/aromatic N) is 1. The molecular formula is C15H26N2O2. The standard InChI is InChI=1S/C15H26N2O2/c1-2-8-17(9-10-18)15(19)16-14-11-13(14)12-6-4-3-5-7-12/h2,12-14,18H,1,3-11H2,(H,16,19)/t13-,14-/m0/s1. The maximum Gasteiger partial charge on any atom is 0.317 e. The van der Waals surface area contributed by atoms with E-state index in [1.165, 1.54) is 32.1 Å². The molecule has 0 saturated heterocycles. The van der Waals surface area contributed by atoms with Gasteiger partial charge in [-0.25, -0.2) is 4.79 Å². The summed E-state index contributed by atoms with van der Waals surface area (Å²) in [5.74, 6) is 1.52. The summed E-state index contributed by atoms with van der Waals surface area (Å²) in [6.45, 7) is 4.51. The van der Waals surface area contributed by atoms with E-state index in [0.717, 1.165) is 12.3 Å². The van der Waals surface area contributed by atoms with Crippen LogP contribution in [0.5, 0.6) is 0 Å². The van der Waals surface area contributed by atoms with Crippen molar-refractivity contribution in [2.24, 2.45) is 11.8 Å². The minimum Gasteiger partial charge on any atom is -0.395 e. The van der Waals surface area contributed by atoms with Crippen LogP contribution in [0.15, 0.2) is 12.7 Å². The summed E-state index contributed by atoms with van der Waals surface area (Å²) in [7, 11) is 0. The molecular weight excluding hydrogens is 240 g/mol. The zero-order chi connectivity index (χ0) is 13.7. The Morgan fingerprint density at radius 2 is 2.11 bits per heavy atom. The monoisotopic (exact) mass is 266 g/mol. The van der Waals surface area contributed by atoms with E-state index in [1.54, 1.807) is 11.0 Å². The predicted molar refractivity (Wildman–Crippen MR) is 75.9 cm³/mol. The van der Waals surface area contributed by atoms with Gasteiger partial charge in [-0.3, -0.25) is 0 Å². The summed E-state index contributed by atoms with van der Waals surface area (Å²) in [5.41, 5.74) is 0. The van der Waals surface area contributed by atoms with Gasteiger partial charge in [0.1, 0.15) is 0 Å². The largest absolute Gasteiger partial charge is 0.395 e. The van der Waals surface area contributed by atoms with Gasteiger partial charge in [-0.05, 0) is 18.3 Å². The van der Waals surface area contributed by atoms with Gasteiger partial charge in [0.25, 0.3) is 0 Å². The summed E-state index contributed by atoms with van der Waals surface area (Å²) in [5, 5.41) is 12.1. The Kier molecular flexibility index (Phi) is 5.25. The second kappa shape index (κ2) is 6.94. The number of hydrogen-bond donors (Lipinski definition) is 2. The quantitative estimate of drug-likeness (QED) is 0.724. The van der Waals surface area contributed by atoms with E-state index in [1.807, 2.05) is 0 Å². The lowest BCUT2D eigenvalue weighted by Crippen LogP contribution is -2.43. The Labute approximate surface area is 115 Å². The normalized spacial score (nSPS) is 26.8. The summed E-state index contributed by atoms with van der Waals surface area (Å²) < 4.78 is 0. The lowest BCUT2D eigenvalue weighted by Gasteiger charge is -2.23. The number of amides is 2. The van der Waals surface area contributed by atoms with E-state index >= 15 is 0 Å². The summed E-state index contributed by atoms with van der Waals surface area (Å²) in [4.78, 5) is 13.7. The molecule has 0 spiro atoms. The molecule has 0 aromatic carbocycles. The molecule has 2 atom stereocenters. The van der Waals surface area contributed by atoms with Crippen molar-refractivity contribution in [3.05, 3.63) is 12.7 Å². The molecule has 0 heterocycles. The van der Waals surface area contributed by atoms with E-state index in [-0.39, 0.29) is 12.6 Å². The highest BCUT2D eigenvalue weighted by molar-refractivity contribution is 5.75. The minimum atomic E-state index is -0.0581. The molecule has 2 amide bonds. The second-order valence-corrected chi connectivity index (χ2v) is 5.81. The van der Waals surface area contributed by atoms with E-state index in [9.17, 15) is 4.79 Å². The molecule has 4 heteroatoms. The van der Waals surface area contributed by atoms with Gasteiger partial charge in [0.15, 0.2) is 0 Å². The van der Waals surface area contributed by atoms with Gasteiger partial charge in [-0.15, -0.1) is 6.58 Å². The molecule has 19 heavy (non-hydrogen) atoms. The van der Waals surface area contributed by atoms with Gasteiger partial charge < -0.3 is 15.3 Å². The fourth-order valence-electron chi connectivity index (χ4n) is 3.27. The zero-order valence-electron chi connectivity index (χ0n) is 11.7. The molecule has 0 aromatic heterocycles. The first-order valence-electron chi connectivity index (χ1n) is 7.53. The molecule has 0 unspecified atom stereocenters. The lowest BCUT2D eigenvalue weighted by molar-refractivity contribution is 0.182. The number of carbonyl (C=O) groups is 1. The number of hydrogen-bond acceptors (Lipinski definition) is 2. The maximum atomic E-state index is 12.1. The fourth-order valence-corrected chi connectivity index (χ4v) is 3.27. The highest BCUT2D eigenvalue weighted by Crippen LogP contribution is 2.44. The molecule has 0 aromatic rings. The molecule has 0 bridgehead atoms. The van der Waals surface area contributed by atoms with Crippen LogP contribution in [0, 0.1) is 11.8 Å². The zero-order valence-corrected chi connectivity index (χ0v) is 11.7. The molecule has 108 valence electrons. The third-order valence-corrected chi connectivity index (χ3v) is 4.41. The summed E-state index contributed by atoms with van der Waals surface area (Å²) in [6, 6.07) is 0.305. The number of rotatable bonds is 6. The minimum absolute atomic E-state index is 0.00200. The molecule has 4 nitrogen and oxygen atoms in total. The van der Waals surface area contributed by atoms with E-state index in [0.29, 0.717) is 25.0 Å². The fraction of sp³-hybridized carbons (Fsp3) is 0.800. The average molecular weight is 266 g/mol. The summed E-state index contributed by atoms with van der Waals surface area (Å²) in [6.07, 6.45) is 9.60. The van der Waals surface area contributed by atoms with Gasteiger partial charge in [-0.1, -0.05) is 38.2 Å². The maximum absolute atomic E-state index is 12.1. The lowest BCUT2D eigenvalue weighted by atomic mass is 9.85. The Balaban J connectivity index is 1.75. The van der Waals surface area contributed by atoms with Crippen LogP contribution < -0.4 is 5.32 Å². The van der Waals surface area contributed by atoms with Crippen molar-refractivity contribution in [1.82, 2.24) is 10.2 Å². The first kappa shape index (κ1) is 14.4. The number of aliphatic hydroxyl groups is 1. The average Bonchev–Trinajstić information content (AvgIpc) is 3.19. The van der Waals surface area contributed by atoms with Gasteiger partial charge in [-0.2, -0.15) is 0 Å². The van der Waals surface area contributed by atoms with Crippen molar-refractivity contribution in [2.45, 2.75) is 44.6 Å². The van der Waals surface area contributed by atoms with Crippen molar-refractivity contribution in [3.8, 4) is 0 Å². The topological polar surface area (TPSA) is 52.6 Å². The molecule has 2 saturated carbocycles. The smallest absolute Gasteiger partial charge is 0.317 e. The first-order chi connectivity index (χ1) is 9.26. The number of urea groups is 1. The first-order valence-corrected chi connectivity index (χ1v) is 7.53. The van der Waals surface area contributed by atoms with Crippen LogP contribution in [0.4, 0.5) is 4.79 Å². The molecule has 0 radical (unpaired) electrons. The van der Waals surface area contributed by atoms with Crippen molar-refractivity contribution in [2.75, 3.05) is 19.7 Å². The van der Waals surface area contributed by atoms with Gasteiger partial charge in [0.05, 0.1) is 6.61 Å². The Morgan fingerprint density at radius 3 is 2.74 bits per heavy atom. The van der Waals surface area contributed by atoms with Gasteiger partial charge in [0.2, 0.25) is 0 Å². The van der Waals surface area contributed by atoms with E-state index in [4.69, 9.17) is 5.11 Å². The number of aliphatic hydroxyl groups excluding tert-OH is 1. The van der Waals surface area contributed by atoms with Crippen LogP contribution in [0.2, 0.25) is 0 Å². The van der Waals surface area contributed by atoms with Gasteiger partial charge >= 0.3 is 6.03 Å². The predicted octanol–water partition coefficient (Wildman–Crippen LogP) is 2.15. The molecule has 2 aliphatic carbocycles. The van der Waals surface area contributed by atoms with Crippen LogP contribution >= 0.6 is 0 Å². The Bertz CT molecular complexity index is 313. The van der Waals surface area contributed by atoms with Crippen LogP contribution in [-0.4, -0.2) is 41.8 Å². The van der Waals surface area contributed by atoms with Crippen LogP contribution in [0.1, 0.15) is 38.5 Å². The molecule has 2 rings (SSSR count). The van der Waals surface area contributed by atoms with Crippen LogP contribution in [-0.2, 0) is 0 Å². The molecule has 2 aliphatic rings. The second-order valence-electron chi connectivity index (χ2n) is 5.81. The SMILES string of the molecule is C=CCN(CCO)C(=O)N[C@H]1C[C@H]1C1CCCCC1. The molecule has 2 N–H and O–H groups in total.